The highest BCUT2D eigenvalue weighted by molar-refractivity contribution is 5.77. The summed E-state index contributed by atoms with van der Waals surface area (Å²) >= 11 is 0. The molecular weight excluding hydrogens is 392 g/mol. The van der Waals surface area contributed by atoms with Gasteiger partial charge in [-0.1, -0.05) is 12.1 Å². The SMILES string of the molecule is Cn1ncc(-c2ccc3c(c2)COc2nc(OC4CC5CCC(C4)N5)ccc2-3)cc1=O. The van der Waals surface area contributed by atoms with Crippen molar-refractivity contribution in [3.8, 4) is 34.0 Å². The molecule has 3 aliphatic heterocycles. The van der Waals surface area contributed by atoms with Gasteiger partial charge in [0, 0.05) is 42.4 Å². The standard InChI is InChI=1S/C24H24N4O3/c1-28-23(29)9-15(12-25-28)14-2-5-20-16(8-14)13-30-24-21(20)6-7-22(27-24)31-19-10-17-3-4-18(11-19)26-17/h2,5-9,12,17-19,26H,3-4,10-11,13H2,1H3. The Morgan fingerprint density at radius 1 is 1.06 bits per heavy atom. The molecule has 0 aliphatic carbocycles. The quantitative estimate of drug-likeness (QED) is 0.707. The summed E-state index contributed by atoms with van der Waals surface area (Å²) in [6, 6.07) is 12.9. The van der Waals surface area contributed by atoms with E-state index in [9.17, 15) is 4.79 Å². The number of fused-ring (bicyclic) bond motifs is 5. The predicted molar refractivity (Wildman–Crippen MR) is 116 cm³/mol. The molecule has 3 aromatic rings. The van der Waals surface area contributed by atoms with E-state index in [2.05, 4.69) is 27.5 Å². The van der Waals surface area contributed by atoms with Crippen molar-refractivity contribution in [3.63, 3.8) is 0 Å². The summed E-state index contributed by atoms with van der Waals surface area (Å²) in [5.41, 5.74) is 4.75. The minimum Gasteiger partial charge on any atom is -0.474 e. The molecule has 3 aliphatic rings. The first-order chi connectivity index (χ1) is 15.1. The minimum atomic E-state index is -0.129. The second-order valence-electron chi connectivity index (χ2n) is 8.72. The van der Waals surface area contributed by atoms with Crippen LogP contribution in [0.1, 0.15) is 31.2 Å². The van der Waals surface area contributed by atoms with Crippen molar-refractivity contribution in [2.45, 2.75) is 50.5 Å². The lowest BCUT2D eigenvalue weighted by Crippen LogP contribution is -2.42. The van der Waals surface area contributed by atoms with Crippen LogP contribution >= 0.6 is 0 Å². The first-order valence-corrected chi connectivity index (χ1v) is 10.9. The Morgan fingerprint density at radius 2 is 1.87 bits per heavy atom. The molecule has 0 amide bonds. The van der Waals surface area contributed by atoms with E-state index < -0.39 is 0 Å². The van der Waals surface area contributed by atoms with Gasteiger partial charge in [0.2, 0.25) is 11.8 Å². The summed E-state index contributed by atoms with van der Waals surface area (Å²) in [4.78, 5) is 16.6. The van der Waals surface area contributed by atoms with E-state index in [0.29, 0.717) is 30.5 Å². The van der Waals surface area contributed by atoms with Gasteiger partial charge in [0.1, 0.15) is 12.7 Å². The molecule has 7 heteroatoms. The number of nitrogens with one attached hydrogen (secondary N) is 1. The van der Waals surface area contributed by atoms with Crippen LogP contribution < -0.4 is 20.3 Å². The normalized spacial score (nSPS) is 23.6. The molecule has 2 bridgehead atoms. The molecule has 0 spiro atoms. The number of hydrogen-bond donors (Lipinski definition) is 1. The highest BCUT2D eigenvalue weighted by atomic mass is 16.5. The molecule has 2 unspecified atom stereocenters. The molecule has 2 saturated heterocycles. The first kappa shape index (κ1) is 18.6. The molecular formula is C24H24N4O3. The summed E-state index contributed by atoms with van der Waals surface area (Å²) < 4.78 is 13.5. The molecule has 6 rings (SSSR count). The van der Waals surface area contributed by atoms with E-state index in [1.807, 2.05) is 18.2 Å². The molecule has 5 heterocycles. The lowest BCUT2D eigenvalue weighted by Gasteiger charge is -2.29. The fraction of sp³-hybridized carbons (Fsp3) is 0.375. The van der Waals surface area contributed by atoms with Gasteiger partial charge >= 0.3 is 0 Å². The maximum atomic E-state index is 11.9. The van der Waals surface area contributed by atoms with Gasteiger partial charge in [0.25, 0.3) is 5.56 Å². The van der Waals surface area contributed by atoms with E-state index in [4.69, 9.17) is 9.47 Å². The Bertz CT molecular complexity index is 1210. The van der Waals surface area contributed by atoms with Gasteiger partial charge in [0.05, 0.1) is 6.20 Å². The van der Waals surface area contributed by atoms with Crippen LogP contribution in [-0.2, 0) is 13.7 Å². The Balaban J connectivity index is 1.26. The number of benzene rings is 1. The number of hydrogen-bond acceptors (Lipinski definition) is 6. The molecule has 158 valence electrons. The minimum absolute atomic E-state index is 0.129. The zero-order chi connectivity index (χ0) is 20.9. The van der Waals surface area contributed by atoms with E-state index in [1.165, 1.54) is 17.5 Å². The van der Waals surface area contributed by atoms with Gasteiger partial charge in [-0.15, -0.1) is 0 Å². The molecule has 2 fully saturated rings. The number of piperidine rings is 1. The Kier molecular flexibility index (Phi) is 4.31. The van der Waals surface area contributed by atoms with Gasteiger partial charge in [-0.3, -0.25) is 4.79 Å². The van der Waals surface area contributed by atoms with Gasteiger partial charge < -0.3 is 14.8 Å². The number of rotatable bonds is 3. The van der Waals surface area contributed by atoms with Crippen LogP contribution in [0.25, 0.3) is 22.3 Å². The van der Waals surface area contributed by atoms with E-state index >= 15 is 0 Å². The average Bonchev–Trinajstić information content (AvgIpc) is 3.13. The van der Waals surface area contributed by atoms with E-state index in [0.717, 1.165) is 40.7 Å². The average molecular weight is 416 g/mol. The summed E-state index contributed by atoms with van der Waals surface area (Å²) in [7, 11) is 1.64. The van der Waals surface area contributed by atoms with Crippen molar-refractivity contribution in [3.05, 3.63) is 58.5 Å². The maximum Gasteiger partial charge on any atom is 0.267 e. The van der Waals surface area contributed by atoms with Crippen LogP contribution in [0.5, 0.6) is 11.8 Å². The van der Waals surface area contributed by atoms with E-state index in [1.54, 1.807) is 19.3 Å². The van der Waals surface area contributed by atoms with Crippen molar-refractivity contribution in [1.29, 1.82) is 0 Å². The topological polar surface area (TPSA) is 78.3 Å². The third-order valence-electron chi connectivity index (χ3n) is 6.61. The van der Waals surface area contributed by atoms with Crippen LogP contribution in [0.3, 0.4) is 0 Å². The third kappa shape index (κ3) is 3.39. The largest absolute Gasteiger partial charge is 0.474 e. The Hall–Kier alpha value is -3.19. The monoisotopic (exact) mass is 416 g/mol. The van der Waals surface area contributed by atoms with Crippen LogP contribution in [0, 0.1) is 0 Å². The van der Waals surface area contributed by atoms with Crippen LogP contribution in [0.2, 0.25) is 0 Å². The number of aryl methyl sites for hydroxylation is 1. The van der Waals surface area contributed by atoms with Crippen LogP contribution in [-0.4, -0.2) is 33.0 Å². The van der Waals surface area contributed by atoms with Gasteiger partial charge in [-0.2, -0.15) is 10.1 Å². The highest BCUT2D eigenvalue weighted by Gasteiger charge is 2.34. The summed E-state index contributed by atoms with van der Waals surface area (Å²) in [5, 5.41) is 7.76. The number of nitrogens with zero attached hydrogens (tertiary/aromatic N) is 3. The molecule has 0 saturated carbocycles. The summed E-state index contributed by atoms with van der Waals surface area (Å²) in [5.74, 6) is 1.25. The fourth-order valence-corrected chi connectivity index (χ4v) is 5.01. The molecule has 2 atom stereocenters. The number of ether oxygens (including phenoxy) is 2. The Labute approximate surface area is 180 Å². The van der Waals surface area contributed by atoms with Gasteiger partial charge in [-0.05, 0) is 54.5 Å². The smallest absolute Gasteiger partial charge is 0.267 e. The Morgan fingerprint density at radius 3 is 2.68 bits per heavy atom. The van der Waals surface area contributed by atoms with Crippen molar-refractivity contribution in [1.82, 2.24) is 20.1 Å². The first-order valence-electron chi connectivity index (χ1n) is 10.9. The van der Waals surface area contributed by atoms with Crippen molar-refractivity contribution in [2.75, 3.05) is 0 Å². The summed E-state index contributed by atoms with van der Waals surface area (Å²) in [6.45, 7) is 0.433. The number of pyridine rings is 1. The molecule has 0 radical (unpaired) electrons. The second-order valence-corrected chi connectivity index (χ2v) is 8.72. The van der Waals surface area contributed by atoms with Crippen LogP contribution in [0.4, 0.5) is 0 Å². The van der Waals surface area contributed by atoms with Crippen molar-refractivity contribution in [2.24, 2.45) is 7.05 Å². The second kappa shape index (κ2) is 7.20. The molecule has 31 heavy (non-hydrogen) atoms. The van der Waals surface area contributed by atoms with E-state index in [-0.39, 0.29) is 11.7 Å². The lowest BCUT2D eigenvalue weighted by atomic mass is 9.95. The zero-order valence-corrected chi connectivity index (χ0v) is 17.4. The predicted octanol–water partition coefficient (Wildman–Crippen LogP) is 3.06. The summed E-state index contributed by atoms with van der Waals surface area (Å²) in [6.07, 6.45) is 6.50. The van der Waals surface area contributed by atoms with Gasteiger partial charge in [0.15, 0.2) is 0 Å². The zero-order valence-electron chi connectivity index (χ0n) is 17.4. The molecule has 7 nitrogen and oxygen atoms in total. The molecule has 2 aromatic heterocycles. The third-order valence-corrected chi connectivity index (χ3v) is 6.61. The number of aromatic nitrogens is 3. The molecule has 1 N–H and O–H groups in total. The van der Waals surface area contributed by atoms with Crippen molar-refractivity contribution >= 4 is 0 Å². The van der Waals surface area contributed by atoms with Gasteiger partial charge in [-0.25, -0.2) is 4.68 Å². The maximum absolute atomic E-state index is 11.9. The highest BCUT2D eigenvalue weighted by Crippen LogP contribution is 2.39. The lowest BCUT2D eigenvalue weighted by molar-refractivity contribution is 0.130. The van der Waals surface area contributed by atoms with Crippen molar-refractivity contribution < 1.29 is 9.47 Å². The molecule has 1 aromatic carbocycles. The fourth-order valence-electron chi connectivity index (χ4n) is 5.01. The van der Waals surface area contributed by atoms with Crippen LogP contribution in [0.15, 0.2) is 47.4 Å².